The van der Waals surface area contributed by atoms with E-state index in [0.29, 0.717) is 17.0 Å². The van der Waals surface area contributed by atoms with E-state index in [1.807, 2.05) is 0 Å². The highest BCUT2D eigenvalue weighted by molar-refractivity contribution is 5.97. The van der Waals surface area contributed by atoms with Gasteiger partial charge in [0, 0.05) is 5.69 Å². The van der Waals surface area contributed by atoms with Gasteiger partial charge in [0.1, 0.15) is 11.6 Å². The predicted molar refractivity (Wildman–Crippen MR) is 82.9 cm³/mol. The number of carbonyl (C=O) groups is 2. The molecule has 2 aromatic rings. The van der Waals surface area contributed by atoms with Crippen LogP contribution in [-0.2, 0) is 9.53 Å². The molecule has 0 saturated carbocycles. The molecule has 2 aromatic carbocycles. The van der Waals surface area contributed by atoms with Gasteiger partial charge in [0.25, 0.3) is 5.91 Å². The van der Waals surface area contributed by atoms with Gasteiger partial charge in [-0.15, -0.1) is 0 Å². The first-order chi connectivity index (χ1) is 11.0. The highest BCUT2D eigenvalue weighted by Crippen LogP contribution is 2.14. The summed E-state index contributed by atoms with van der Waals surface area (Å²) < 4.78 is 22.9. The maximum atomic E-state index is 12.8. The van der Waals surface area contributed by atoms with Crippen LogP contribution in [0.3, 0.4) is 0 Å². The van der Waals surface area contributed by atoms with Crippen LogP contribution in [0, 0.1) is 5.82 Å². The Morgan fingerprint density at radius 2 is 1.65 bits per heavy atom. The van der Waals surface area contributed by atoms with Crippen molar-refractivity contribution in [3.63, 3.8) is 0 Å². The van der Waals surface area contributed by atoms with E-state index in [2.05, 4.69) is 5.32 Å². The Hall–Kier alpha value is -2.89. The minimum Gasteiger partial charge on any atom is -0.497 e. The monoisotopic (exact) mass is 317 g/mol. The van der Waals surface area contributed by atoms with Gasteiger partial charge in [-0.2, -0.15) is 0 Å². The van der Waals surface area contributed by atoms with Gasteiger partial charge in [0.2, 0.25) is 0 Å². The average Bonchev–Trinajstić information content (AvgIpc) is 2.56. The molecule has 0 radical (unpaired) electrons. The summed E-state index contributed by atoms with van der Waals surface area (Å²) in [5.74, 6) is -0.904. The number of halogens is 1. The number of hydrogen-bond acceptors (Lipinski definition) is 4. The zero-order valence-corrected chi connectivity index (χ0v) is 12.7. The maximum absolute atomic E-state index is 12.8. The summed E-state index contributed by atoms with van der Waals surface area (Å²) in [6.07, 6.45) is -0.991. The minimum absolute atomic E-state index is 0.312. The van der Waals surface area contributed by atoms with E-state index in [1.54, 1.807) is 24.3 Å². The van der Waals surface area contributed by atoms with E-state index in [-0.39, 0.29) is 0 Å². The summed E-state index contributed by atoms with van der Waals surface area (Å²) in [5, 5.41) is 2.54. The molecule has 2 rings (SSSR count). The quantitative estimate of drug-likeness (QED) is 0.861. The Labute approximate surface area is 133 Å². The van der Waals surface area contributed by atoms with Crippen molar-refractivity contribution in [3.05, 3.63) is 59.9 Å². The molecule has 23 heavy (non-hydrogen) atoms. The number of nitrogens with one attached hydrogen (secondary N) is 1. The lowest BCUT2D eigenvalue weighted by Gasteiger charge is -2.13. The summed E-state index contributed by atoms with van der Waals surface area (Å²) in [7, 11) is 1.52. The number of carbonyl (C=O) groups excluding carboxylic acids is 2. The van der Waals surface area contributed by atoms with Crippen LogP contribution in [0.25, 0.3) is 0 Å². The summed E-state index contributed by atoms with van der Waals surface area (Å²) in [5.41, 5.74) is 0.732. The first-order valence-corrected chi connectivity index (χ1v) is 6.91. The fourth-order valence-electron chi connectivity index (χ4n) is 1.79. The Morgan fingerprint density at radius 1 is 1.04 bits per heavy atom. The molecule has 0 spiro atoms. The molecule has 0 unspecified atom stereocenters. The SMILES string of the molecule is COc1ccc(C(=O)O[C@@H](C)C(=O)Nc2ccc(F)cc2)cc1. The van der Waals surface area contributed by atoms with Gasteiger partial charge in [-0.1, -0.05) is 0 Å². The third-order valence-electron chi connectivity index (χ3n) is 3.09. The fraction of sp³-hybridized carbons (Fsp3) is 0.176. The third-order valence-corrected chi connectivity index (χ3v) is 3.09. The molecule has 6 heteroatoms. The highest BCUT2D eigenvalue weighted by atomic mass is 19.1. The van der Waals surface area contributed by atoms with Crippen molar-refractivity contribution in [3.8, 4) is 5.75 Å². The number of rotatable bonds is 5. The molecule has 0 aliphatic rings. The highest BCUT2D eigenvalue weighted by Gasteiger charge is 2.19. The first-order valence-electron chi connectivity index (χ1n) is 6.91. The molecular formula is C17H16FNO4. The van der Waals surface area contributed by atoms with Crippen molar-refractivity contribution in [2.45, 2.75) is 13.0 Å². The van der Waals surface area contributed by atoms with E-state index in [0.717, 1.165) is 0 Å². The molecule has 0 fully saturated rings. The normalized spacial score (nSPS) is 11.4. The van der Waals surface area contributed by atoms with Crippen LogP contribution >= 0.6 is 0 Å². The Bertz CT molecular complexity index is 683. The molecule has 0 aliphatic carbocycles. The number of benzene rings is 2. The molecule has 0 bridgehead atoms. The third kappa shape index (κ3) is 4.54. The Morgan fingerprint density at radius 3 is 2.22 bits per heavy atom. The van der Waals surface area contributed by atoms with Crippen LogP contribution in [0.15, 0.2) is 48.5 Å². The largest absolute Gasteiger partial charge is 0.497 e. The van der Waals surface area contributed by atoms with Gasteiger partial charge in [0.05, 0.1) is 12.7 Å². The lowest BCUT2D eigenvalue weighted by atomic mass is 10.2. The fourth-order valence-corrected chi connectivity index (χ4v) is 1.79. The molecule has 0 aromatic heterocycles. The van der Waals surface area contributed by atoms with Gasteiger partial charge in [-0.25, -0.2) is 9.18 Å². The van der Waals surface area contributed by atoms with Crippen LogP contribution in [0.4, 0.5) is 10.1 Å². The molecule has 0 heterocycles. The van der Waals surface area contributed by atoms with E-state index in [1.165, 1.54) is 38.3 Å². The minimum atomic E-state index is -0.991. The van der Waals surface area contributed by atoms with Crippen LogP contribution in [0.5, 0.6) is 5.75 Å². The summed E-state index contributed by atoms with van der Waals surface area (Å²) in [4.78, 5) is 23.9. The number of amides is 1. The van der Waals surface area contributed by atoms with Crippen molar-refractivity contribution in [1.29, 1.82) is 0 Å². The smallest absolute Gasteiger partial charge is 0.338 e. The zero-order chi connectivity index (χ0) is 16.8. The van der Waals surface area contributed by atoms with E-state index >= 15 is 0 Å². The molecular weight excluding hydrogens is 301 g/mol. The van der Waals surface area contributed by atoms with Gasteiger partial charge >= 0.3 is 5.97 Å². The first kappa shape index (κ1) is 16.5. The molecule has 1 atom stereocenters. The van der Waals surface area contributed by atoms with E-state index in [9.17, 15) is 14.0 Å². The second-order valence-electron chi connectivity index (χ2n) is 4.77. The zero-order valence-electron chi connectivity index (χ0n) is 12.7. The van der Waals surface area contributed by atoms with E-state index in [4.69, 9.17) is 9.47 Å². The van der Waals surface area contributed by atoms with E-state index < -0.39 is 23.8 Å². The van der Waals surface area contributed by atoms with Crippen molar-refractivity contribution >= 4 is 17.6 Å². The van der Waals surface area contributed by atoms with Crippen molar-refractivity contribution in [2.75, 3.05) is 12.4 Å². The molecule has 5 nitrogen and oxygen atoms in total. The van der Waals surface area contributed by atoms with Gasteiger partial charge in [-0.05, 0) is 55.5 Å². The number of esters is 1. The van der Waals surface area contributed by atoms with Gasteiger partial charge < -0.3 is 14.8 Å². The summed E-state index contributed by atoms with van der Waals surface area (Å²) >= 11 is 0. The van der Waals surface area contributed by atoms with Crippen molar-refractivity contribution in [2.24, 2.45) is 0 Å². The second-order valence-corrected chi connectivity index (χ2v) is 4.77. The summed E-state index contributed by atoms with van der Waals surface area (Å²) in [6, 6.07) is 11.6. The van der Waals surface area contributed by atoms with Gasteiger partial charge in [-0.3, -0.25) is 4.79 Å². The molecule has 0 aliphatic heterocycles. The molecule has 120 valence electrons. The number of methoxy groups -OCH3 is 1. The second kappa shape index (κ2) is 7.40. The Balaban J connectivity index is 1.94. The van der Waals surface area contributed by atoms with Crippen molar-refractivity contribution in [1.82, 2.24) is 0 Å². The maximum Gasteiger partial charge on any atom is 0.338 e. The number of ether oxygens (including phenoxy) is 2. The van der Waals surface area contributed by atoms with Crippen LogP contribution in [0.2, 0.25) is 0 Å². The number of hydrogen-bond donors (Lipinski definition) is 1. The molecule has 1 amide bonds. The standard InChI is InChI=1S/C17H16FNO4/c1-11(16(20)19-14-7-5-13(18)6-8-14)23-17(21)12-3-9-15(22-2)10-4-12/h3-11H,1-2H3,(H,19,20)/t11-/m0/s1. The molecule has 1 N–H and O–H groups in total. The van der Waals surface area contributed by atoms with Crippen LogP contribution in [0.1, 0.15) is 17.3 Å². The molecule has 0 saturated heterocycles. The van der Waals surface area contributed by atoms with Gasteiger partial charge in [0.15, 0.2) is 6.10 Å². The Kier molecular flexibility index (Phi) is 5.30. The van der Waals surface area contributed by atoms with Crippen LogP contribution in [-0.4, -0.2) is 25.1 Å². The van der Waals surface area contributed by atoms with Crippen LogP contribution < -0.4 is 10.1 Å². The average molecular weight is 317 g/mol. The van der Waals surface area contributed by atoms with Crippen molar-refractivity contribution < 1.29 is 23.5 Å². The summed E-state index contributed by atoms with van der Waals surface area (Å²) in [6.45, 7) is 1.46. The number of anilines is 1. The lowest BCUT2D eigenvalue weighted by Crippen LogP contribution is -2.30. The predicted octanol–water partition coefficient (Wildman–Crippen LogP) is 3.02. The lowest BCUT2D eigenvalue weighted by molar-refractivity contribution is -0.123. The topological polar surface area (TPSA) is 64.6 Å².